The van der Waals surface area contributed by atoms with Gasteiger partial charge < -0.3 is 15.7 Å². The van der Waals surface area contributed by atoms with Crippen LogP contribution in [0, 0.1) is 5.92 Å². The number of hydrogen-bond donors (Lipinski definition) is 3. The van der Waals surface area contributed by atoms with Gasteiger partial charge in [0.25, 0.3) is 0 Å². The van der Waals surface area contributed by atoms with E-state index >= 15 is 0 Å². The van der Waals surface area contributed by atoms with Gasteiger partial charge in [0.2, 0.25) is 0 Å². The number of aliphatic carboxylic acids is 1. The standard InChI is InChI=1S/C17H20N4O2/c1-10(2)14(17(22)23)21-16-12-7-8-18-13-6-4-3-5-11(13)15(12)19-9-20-16/h3-6,9-10,14,18H,7-8H2,1-2H3,(H,22,23)(H,19,20,21)/t14-/m0/s1. The molecule has 0 saturated heterocycles. The number of anilines is 2. The van der Waals surface area contributed by atoms with Gasteiger partial charge in [-0.3, -0.25) is 0 Å². The minimum Gasteiger partial charge on any atom is -0.480 e. The molecule has 0 radical (unpaired) electrons. The Morgan fingerprint density at radius 3 is 2.83 bits per heavy atom. The molecule has 2 heterocycles. The van der Waals surface area contributed by atoms with E-state index in [0.717, 1.165) is 35.5 Å². The van der Waals surface area contributed by atoms with Crippen LogP contribution in [0.1, 0.15) is 19.4 Å². The Bertz CT molecular complexity index is 730. The van der Waals surface area contributed by atoms with E-state index in [-0.39, 0.29) is 5.92 Å². The number of aromatic nitrogens is 2. The highest BCUT2D eigenvalue weighted by molar-refractivity contribution is 5.82. The van der Waals surface area contributed by atoms with Gasteiger partial charge >= 0.3 is 5.97 Å². The number of benzene rings is 1. The molecule has 1 aliphatic heterocycles. The van der Waals surface area contributed by atoms with E-state index in [1.165, 1.54) is 6.33 Å². The van der Waals surface area contributed by atoms with Gasteiger partial charge in [0.15, 0.2) is 0 Å². The molecule has 23 heavy (non-hydrogen) atoms. The van der Waals surface area contributed by atoms with Crippen molar-refractivity contribution in [1.82, 2.24) is 9.97 Å². The Kier molecular flexibility index (Phi) is 4.14. The molecule has 0 saturated carbocycles. The van der Waals surface area contributed by atoms with Crippen LogP contribution in [0.3, 0.4) is 0 Å². The fraction of sp³-hybridized carbons (Fsp3) is 0.353. The second kappa shape index (κ2) is 6.24. The predicted molar refractivity (Wildman–Crippen MR) is 89.5 cm³/mol. The predicted octanol–water partition coefficient (Wildman–Crippen LogP) is 2.63. The second-order valence-corrected chi connectivity index (χ2v) is 5.98. The van der Waals surface area contributed by atoms with Crippen LogP contribution in [-0.2, 0) is 11.2 Å². The van der Waals surface area contributed by atoms with Gasteiger partial charge in [-0.05, 0) is 18.4 Å². The summed E-state index contributed by atoms with van der Waals surface area (Å²) in [5.74, 6) is -0.316. The van der Waals surface area contributed by atoms with Crippen LogP contribution < -0.4 is 10.6 Å². The van der Waals surface area contributed by atoms with E-state index in [1.807, 2.05) is 38.1 Å². The number of fused-ring (bicyclic) bond motifs is 3. The lowest BCUT2D eigenvalue weighted by Crippen LogP contribution is -2.35. The number of rotatable bonds is 4. The highest BCUT2D eigenvalue weighted by atomic mass is 16.4. The third kappa shape index (κ3) is 2.97. The van der Waals surface area contributed by atoms with Gasteiger partial charge in [-0.1, -0.05) is 32.0 Å². The van der Waals surface area contributed by atoms with Crippen molar-refractivity contribution in [3.05, 3.63) is 36.2 Å². The number of hydrogen-bond acceptors (Lipinski definition) is 5. The normalized spacial score (nSPS) is 14.2. The van der Waals surface area contributed by atoms with Gasteiger partial charge in [-0.2, -0.15) is 0 Å². The summed E-state index contributed by atoms with van der Waals surface area (Å²) in [5.41, 5.74) is 3.87. The van der Waals surface area contributed by atoms with Crippen LogP contribution in [0.25, 0.3) is 11.3 Å². The topological polar surface area (TPSA) is 87.1 Å². The summed E-state index contributed by atoms with van der Waals surface area (Å²) < 4.78 is 0. The molecule has 1 atom stereocenters. The molecule has 0 amide bonds. The summed E-state index contributed by atoms with van der Waals surface area (Å²) in [4.78, 5) is 20.2. The number of para-hydroxylation sites is 1. The summed E-state index contributed by atoms with van der Waals surface area (Å²) in [6.45, 7) is 4.51. The number of nitrogens with one attached hydrogen (secondary N) is 2. The fourth-order valence-electron chi connectivity index (χ4n) is 2.83. The van der Waals surface area contributed by atoms with Crippen LogP contribution in [0.4, 0.5) is 11.5 Å². The fourth-order valence-corrected chi connectivity index (χ4v) is 2.83. The Morgan fingerprint density at radius 2 is 2.09 bits per heavy atom. The van der Waals surface area contributed by atoms with Crippen LogP contribution in [0.5, 0.6) is 0 Å². The van der Waals surface area contributed by atoms with Crippen LogP contribution in [0.2, 0.25) is 0 Å². The SMILES string of the molecule is CC(C)[C@H](Nc1ncnc2c1CCNc1ccccc1-2)C(=O)O. The molecule has 1 aromatic carbocycles. The van der Waals surface area contributed by atoms with Gasteiger partial charge in [0.1, 0.15) is 18.2 Å². The Balaban J connectivity index is 2.05. The van der Waals surface area contributed by atoms with E-state index in [4.69, 9.17) is 0 Å². The molecule has 0 unspecified atom stereocenters. The van der Waals surface area contributed by atoms with Crippen molar-refractivity contribution in [3.63, 3.8) is 0 Å². The van der Waals surface area contributed by atoms with Crippen molar-refractivity contribution in [2.75, 3.05) is 17.2 Å². The van der Waals surface area contributed by atoms with E-state index in [0.29, 0.717) is 5.82 Å². The maximum atomic E-state index is 11.5. The zero-order valence-electron chi connectivity index (χ0n) is 13.2. The molecule has 0 fully saturated rings. The maximum Gasteiger partial charge on any atom is 0.326 e. The van der Waals surface area contributed by atoms with Gasteiger partial charge in [0, 0.05) is 23.4 Å². The molecule has 2 aromatic rings. The summed E-state index contributed by atoms with van der Waals surface area (Å²) in [7, 11) is 0. The van der Waals surface area contributed by atoms with Gasteiger partial charge in [-0.25, -0.2) is 14.8 Å². The van der Waals surface area contributed by atoms with Crippen molar-refractivity contribution in [2.24, 2.45) is 5.92 Å². The first-order chi connectivity index (χ1) is 11.1. The first-order valence-corrected chi connectivity index (χ1v) is 7.74. The van der Waals surface area contributed by atoms with Crippen molar-refractivity contribution < 1.29 is 9.90 Å². The summed E-state index contributed by atoms with van der Waals surface area (Å²) in [6, 6.07) is 7.31. The summed E-state index contributed by atoms with van der Waals surface area (Å²) in [5, 5.41) is 15.9. The van der Waals surface area contributed by atoms with Crippen molar-refractivity contribution >= 4 is 17.5 Å². The number of carbonyl (C=O) groups is 1. The Labute approximate surface area is 135 Å². The van der Waals surface area contributed by atoms with Crippen molar-refractivity contribution in [1.29, 1.82) is 0 Å². The molecule has 6 heteroatoms. The third-order valence-corrected chi connectivity index (χ3v) is 4.04. The first-order valence-electron chi connectivity index (χ1n) is 7.74. The highest BCUT2D eigenvalue weighted by Crippen LogP contribution is 2.34. The average molecular weight is 312 g/mol. The molecule has 1 aliphatic rings. The minimum atomic E-state index is -0.875. The zero-order chi connectivity index (χ0) is 16.4. The zero-order valence-corrected chi connectivity index (χ0v) is 13.2. The monoisotopic (exact) mass is 312 g/mol. The molecule has 0 aliphatic carbocycles. The first kappa shape index (κ1) is 15.3. The van der Waals surface area contributed by atoms with Crippen LogP contribution in [-0.4, -0.2) is 33.6 Å². The smallest absolute Gasteiger partial charge is 0.326 e. The lowest BCUT2D eigenvalue weighted by atomic mass is 10.0. The quantitative estimate of drug-likeness (QED) is 0.804. The molecule has 0 bridgehead atoms. The Hall–Kier alpha value is -2.63. The van der Waals surface area contributed by atoms with Gasteiger partial charge in [0.05, 0.1) is 5.69 Å². The molecular weight excluding hydrogens is 292 g/mol. The van der Waals surface area contributed by atoms with E-state index < -0.39 is 12.0 Å². The molecular formula is C17H20N4O2. The summed E-state index contributed by atoms with van der Waals surface area (Å²) >= 11 is 0. The molecule has 3 N–H and O–H groups in total. The van der Waals surface area contributed by atoms with Crippen LogP contribution in [0.15, 0.2) is 30.6 Å². The lowest BCUT2D eigenvalue weighted by Gasteiger charge is -2.20. The Morgan fingerprint density at radius 1 is 1.30 bits per heavy atom. The molecule has 0 spiro atoms. The molecule has 120 valence electrons. The van der Waals surface area contributed by atoms with Crippen LogP contribution >= 0.6 is 0 Å². The second-order valence-electron chi connectivity index (χ2n) is 5.98. The largest absolute Gasteiger partial charge is 0.480 e. The lowest BCUT2D eigenvalue weighted by molar-refractivity contribution is -0.138. The minimum absolute atomic E-state index is 0.0469. The highest BCUT2D eigenvalue weighted by Gasteiger charge is 2.25. The van der Waals surface area contributed by atoms with Gasteiger partial charge in [-0.15, -0.1) is 0 Å². The molecule has 1 aromatic heterocycles. The van der Waals surface area contributed by atoms with E-state index in [9.17, 15) is 9.90 Å². The van der Waals surface area contributed by atoms with E-state index in [1.54, 1.807) is 0 Å². The van der Waals surface area contributed by atoms with Crippen molar-refractivity contribution in [2.45, 2.75) is 26.3 Å². The molecule has 6 nitrogen and oxygen atoms in total. The summed E-state index contributed by atoms with van der Waals surface area (Å²) in [6.07, 6.45) is 2.22. The molecule has 3 rings (SSSR count). The van der Waals surface area contributed by atoms with E-state index in [2.05, 4.69) is 20.6 Å². The van der Waals surface area contributed by atoms with Crippen molar-refractivity contribution in [3.8, 4) is 11.3 Å². The maximum absolute atomic E-state index is 11.5. The number of carboxylic acids is 1. The number of nitrogens with zero attached hydrogens (tertiary/aromatic N) is 2. The third-order valence-electron chi connectivity index (χ3n) is 4.04. The average Bonchev–Trinajstić information content (AvgIpc) is 2.72. The number of carboxylic acid groups (broad SMARTS) is 1.